The summed E-state index contributed by atoms with van der Waals surface area (Å²) in [5.41, 5.74) is 0.199. The second-order valence-corrected chi connectivity index (χ2v) is 8.15. The second-order valence-electron chi connectivity index (χ2n) is 6.29. The molecule has 29 heavy (non-hydrogen) atoms. The number of nitrogens with zero attached hydrogens (tertiary/aromatic N) is 1. The van der Waals surface area contributed by atoms with Gasteiger partial charge < -0.3 is 19.5 Å². The number of hydrogen-bond donors (Lipinski definition) is 1. The lowest BCUT2D eigenvalue weighted by molar-refractivity contribution is -0.120. The Labute approximate surface area is 171 Å². The number of carbonyl (C=O) groups is 1. The highest BCUT2D eigenvalue weighted by Gasteiger charge is 2.30. The predicted octanol–water partition coefficient (Wildman–Crippen LogP) is 2.05. The first-order chi connectivity index (χ1) is 13.8. The first-order valence-corrected chi connectivity index (χ1v) is 10.4. The summed E-state index contributed by atoms with van der Waals surface area (Å²) in [6.07, 6.45) is 0. The van der Waals surface area contributed by atoms with E-state index in [1.165, 1.54) is 39.5 Å². The summed E-state index contributed by atoms with van der Waals surface area (Å²) in [5.74, 6) is 0.254. The monoisotopic (exact) mass is 422 g/mol. The first kappa shape index (κ1) is 22.5. The van der Waals surface area contributed by atoms with E-state index in [9.17, 15) is 13.2 Å². The van der Waals surface area contributed by atoms with Gasteiger partial charge in [0, 0.05) is 19.2 Å². The number of amides is 1. The van der Waals surface area contributed by atoms with Gasteiger partial charge in [-0.3, -0.25) is 9.10 Å². The summed E-state index contributed by atoms with van der Waals surface area (Å²) in [5, 5.41) is 2.73. The highest BCUT2D eigenvalue weighted by molar-refractivity contribution is 7.92. The van der Waals surface area contributed by atoms with Crippen molar-refractivity contribution < 1.29 is 27.4 Å². The second kappa shape index (κ2) is 10.1. The third kappa shape index (κ3) is 5.61. The van der Waals surface area contributed by atoms with Crippen molar-refractivity contribution in [2.75, 3.05) is 38.8 Å². The van der Waals surface area contributed by atoms with Crippen LogP contribution in [0, 0.1) is 0 Å². The van der Waals surface area contributed by atoms with E-state index in [0.717, 1.165) is 4.31 Å². The van der Waals surface area contributed by atoms with Crippen LogP contribution in [0.5, 0.6) is 11.5 Å². The number of sulfonamides is 1. The maximum atomic E-state index is 13.4. The zero-order valence-corrected chi connectivity index (χ0v) is 17.7. The van der Waals surface area contributed by atoms with E-state index in [1.807, 2.05) is 0 Å². The summed E-state index contributed by atoms with van der Waals surface area (Å²) in [7, 11) is 0.377. The van der Waals surface area contributed by atoms with Crippen LogP contribution in [0.25, 0.3) is 0 Å². The molecule has 0 fully saturated rings. The predicted molar refractivity (Wildman–Crippen MR) is 110 cm³/mol. The molecule has 2 aromatic carbocycles. The van der Waals surface area contributed by atoms with Gasteiger partial charge in [-0.15, -0.1) is 0 Å². The molecule has 0 bridgehead atoms. The van der Waals surface area contributed by atoms with E-state index in [1.54, 1.807) is 37.3 Å². The van der Waals surface area contributed by atoms with Crippen LogP contribution in [-0.4, -0.2) is 54.8 Å². The molecule has 0 aliphatic carbocycles. The molecule has 1 amide bonds. The summed E-state index contributed by atoms with van der Waals surface area (Å²) in [6, 6.07) is 12.4. The molecule has 1 atom stereocenters. The fraction of sp³-hybridized carbons (Fsp3) is 0.350. The minimum Gasteiger partial charge on any atom is -0.497 e. The maximum Gasteiger partial charge on any atom is 0.264 e. The number of ether oxygens (including phenoxy) is 3. The van der Waals surface area contributed by atoms with Gasteiger partial charge in [0.25, 0.3) is 10.0 Å². The molecule has 0 spiro atoms. The van der Waals surface area contributed by atoms with Crippen molar-refractivity contribution in [3.05, 3.63) is 48.5 Å². The van der Waals surface area contributed by atoms with Crippen molar-refractivity contribution in [3.63, 3.8) is 0 Å². The molecule has 1 N–H and O–H groups in total. The molecule has 0 aliphatic rings. The van der Waals surface area contributed by atoms with Crippen LogP contribution in [-0.2, 0) is 19.6 Å². The Kier molecular flexibility index (Phi) is 7.86. The van der Waals surface area contributed by atoms with Crippen LogP contribution in [0.15, 0.2) is 53.4 Å². The third-order valence-electron chi connectivity index (χ3n) is 4.10. The van der Waals surface area contributed by atoms with Crippen LogP contribution in [0.4, 0.5) is 5.69 Å². The normalized spacial score (nSPS) is 12.1. The Bertz CT molecular complexity index is 918. The summed E-state index contributed by atoms with van der Waals surface area (Å²) >= 11 is 0. The van der Waals surface area contributed by atoms with Gasteiger partial charge in [0.1, 0.15) is 18.0 Å². The average molecular weight is 423 g/mol. The van der Waals surface area contributed by atoms with Gasteiger partial charge >= 0.3 is 0 Å². The van der Waals surface area contributed by atoms with Crippen LogP contribution >= 0.6 is 0 Å². The van der Waals surface area contributed by atoms with E-state index < -0.39 is 22.5 Å². The highest BCUT2D eigenvalue weighted by Crippen LogP contribution is 2.35. The highest BCUT2D eigenvalue weighted by atomic mass is 32.2. The van der Waals surface area contributed by atoms with Gasteiger partial charge in [0.2, 0.25) is 5.91 Å². The smallest absolute Gasteiger partial charge is 0.264 e. The van der Waals surface area contributed by atoms with Crippen molar-refractivity contribution in [3.8, 4) is 11.5 Å². The zero-order chi connectivity index (χ0) is 21.4. The van der Waals surface area contributed by atoms with Crippen molar-refractivity contribution >= 4 is 21.6 Å². The van der Waals surface area contributed by atoms with Gasteiger partial charge in [-0.25, -0.2) is 8.42 Å². The number of hydrogen-bond acceptors (Lipinski definition) is 6. The van der Waals surface area contributed by atoms with Crippen LogP contribution in [0.1, 0.15) is 6.92 Å². The number of anilines is 1. The molecule has 0 unspecified atom stereocenters. The lowest BCUT2D eigenvalue weighted by Crippen LogP contribution is -2.44. The Morgan fingerprint density at radius 2 is 1.76 bits per heavy atom. The van der Waals surface area contributed by atoms with Gasteiger partial charge in [0.05, 0.1) is 31.4 Å². The molecule has 0 saturated heterocycles. The number of nitrogens with one attached hydrogen (secondary N) is 1. The lowest BCUT2D eigenvalue weighted by Gasteiger charge is -2.26. The Morgan fingerprint density at radius 1 is 1.07 bits per heavy atom. The largest absolute Gasteiger partial charge is 0.497 e. The molecular weight excluding hydrogens is 396 g/mol. The van der Waals surface area contributed by atoms with Gasteiger partial charge in [-0.1, -0.05) is 18.2 Å². The SMILES string of the molecule is COC[C@@H](C)NC(=O)CN(c1cc(OC)ccc1OC)S(=O)(=O)c1ccccc1. The fourth-order valence-electron chi connectivity index (χ4n) is 2.75. The molecular formula is C20H26N2O6S. The van der Waals surface area contributed by atoms with E-state index in [0.29, 0.717) is 18.1 Å². The number of benzene rings is 2. The van der Waals surface area contributed by atoms with E-state index in [2.05, 4.69) is 5.32 Å². The van der Waals surface area contributed by atoms with Gasteiger partial charge in [-0.05, 0) is 31.2 Å². The summed E-state index contributed by atoms with van der Waals surface area (Å²) in [6.45, 7) is 1.64. The van der Waals surface area contributed by atoms with Gasteiger partial charge in [0.15, 0.2) is 0 Å². The van der Waals surface area contributed by atoms with Crippen molar-refractivity contribution in [1.29, 1.82) is 0 Å². The molecule has 0 aromatic heterocycles. The first-order valence-electron chi connectivity index (χ1n) is 8.91. The van der Waals surface area contributed by atoms with E-state index in [-0.39, 0.29) is 16.6 Å². The quantitative estimate of drug-likeness (QED) is 0.630. The molecule has 0 aliphatic heterocycles. The van der Waals surface area contributed by atoms with Crippen molar-refractivity contribution in [2.45, 2.75) is 17.9 Å². The average Bonchev–Trinajstić information content (AvgIpc) is 2.72. The molecule has 8 nitrogen and oxygen atoms in total. The molecule has 2 rings (SSSR count). The molecule has 0 heterocycles. The molecule has 2 aromatic rings. The Hall–Kier alpha value is -2.78. The maximum absolute atomic E-state index is 13.4. The number of methoxy groups -OCH3 is 3. The summed E-state index contributed by atoms with van der Waals surface area (Å²) in [4.78, 5) is 12.7. The molecule has 9 heteroatoms. The van der Waals surface area contributed by atoms with E-state index in [4.69, 9.17) is 14.2 Å². The fourth-order valence-corrected chi connectivity index (χ4v) is 4.20. The third-order valence-corrected chi connectivity index (χ3v) is 5.87. The Morgan fingerprint density at radius 3 is 2.34 bits per heavy atom. The summed E-state index contributed by atoms with van der Waals surface area (Å²) < 4.78 is 43.3. The minimum absolute atomic E-state index is 0.0580. The van der Waals surface area contributed by atoms with Crippen LogP contribution in [0.3, 0.4) is 0 Å². The van der Waals surface area contributed by atoms with Crippen molar-refractivity contribution in [2.24, 2.45) is 0 Å². The zero-order valence-electron chi connectivity index (χ0n) is 16.9. The molecule has 0 saturated carbocycles. The Balaban J connectivity index is 2.51. The van der Waals surface area contributed by atoms with E-state index >= 15 is 0 Å². The standard InChI is InChI=1S/C20H26N2O6S/c1-15(14-26-2)21-20(23)13-22(29(24,25)17-8-6-5-7-9-17)18-12-16(27-3)10-11-19(18)28-4/h5-12,15H,13-14H2,1-4H3,(H,21,23)/t15-/m1/s1. The van der Waals surface area contributed by atoms with Crippen LogP contribution < -0.4 is 19.1 Å². The number of rotatable bonds is 10. The lowest BCUT2D eigenvalue weighted by atomic mass is 10.2. The van der Waals surface area contributed by atoms with Crippen molar-refractivity contribution in [1.82, 2.24) is 5.32 Å². The molecule has 0 radical (unpaired) electrons. The van der Waals surface area contributed by atoms with Crippen LogP contribution in [0.2, 0.25) is 0 Å². The number of carbonyl (C=O) groups excluding carboxylic acids is 1. The topological polar surface area (TPSA) is 94.2 Å². The minimum atomic E-state index is -4.05. The molecule has 158 valence electrons. The van der Waals surface area contributed by atoms with Gasteiger partial charge in [-0.2, -0.15) is 0 Å².